The number of rotatable bonds is 6. The summed E-state index contributed by atoms with van der Waals surface area (Å²) < 4.78 is 10.2. The van der Waals surface area contributed by atoms with E-state index in [4.69, 9.17) is 4.42 Å². The maximum absolute atomic E-state index is 7.60. The summed E-state index contributed by atoms with van der Waals surface area (Å²) in [5.41, 5.74) is 19.9. The Morgan fingerprint density at radius 1 is 0.464 bits per heavy atom. The van der Waals surface area contributed by atoms with E-state index in [-0.39, 0.29) is 23.1 Å². The molecule has 0 fully saturated rings. The maximum atomic E-state index is 7.60. The molecule has 0 saturated carbocycles. The van der Waals surface area contributed by atoms with E-state index in [9.17, 15) is 0 Å². The van der Waals surface area contributed by atoms with Gasteiger partial charge in [0.15, 0.2) is 5.88 Å². The van der Waals surface area contributed by atoms with Crippen LogP contribution in [0, 0.1) is 0 Å². The molecular weight excluding hydrogens is 838 g/mol. The van der Waals surface area contributed by atoms with Gasteiger partial charge in [0.1, 0.15) is 5.76 Å². The van der Waals surface area contributed by atoms with E-state index in [0.717, 1.165) is 56.6 Å². The van der Waals surface area contributed by atoms with Crippen molar-refractivity contribution in [3.63, 3.8) is 0 Å². The summed E-state index contributed by atoms with van der Waals surface area (Å²) in [7, 11) is 0. The Bertz CT molecular complexity index is 3550. The summed E-state index contributed by atoms with van der Waals surface area (Å²) in [6.45, 7) is 20.8. The van der Waals surface area contributed by atoms with Crippen LogP contribution < -0.4 is 20.6 Å². The van der Waals surface area contributed by atoms with Crippen LogP contribution in [-0.2, 0) is 16.2 Å². The second-order valence-corrected chi connectivity index (χ2v) is 22.2. The molecule has 338 valence electrons. The molecule has 2 aliphatic rings. The molecule has 4 heterocycles. The third-order valence-electron chi connectivity index (χ3n) is 14.6. The first-order valence-corrected chi connectivity index (χ1v) is 24.5. The van der Waals surface area contributed by atoms with Crippen molar-refractivity contribution in [1.29, 1.82) is 0 Å². The summed E-state index contributed by atoms with van der Waals surface area (Å²) >= 11 is 0. The monoisotopic (exact) mass is 895 g/mol. The van der Waals surface area contributed by atoms with Gasteiger partial charge in [-0.1, -0.05) is 184 Å². The van der Waals surface area contributed by atoms with Crippen LogP contribution in [0.15, 0.2) is 192 Å². The van der Waals surface area contributed by atoms with Gasteiger partial charge in [-0.3, -0.25) is 0 Å². The van der Waals surface area contributed by atoms with Gasteiger partial charge in [-0.05, 0) is 122 Å². The first kappa shape index (κ1) is 42.8. The number of aromatic nitrogens is 1. The lowest BCUT2D eigenvalue weighted by molar-refractivity contribution is 0.587. The van der Waals surface area contributed by atoms with Gasteiger partial charge in [-0.25, -0.2) is 0 Å². The molecule has 0 saturated heterocycles. The van der Waals surface area contributed by atoms with Crippen LogP contribution in [0.1, 0.15) is 79.0 Å². The van der Waals surface area contributed by atoms with Gasteiger partial charge >= 0.3 is 6.85 Å². The highest BCUT2D eigenvalue weighted by Gasteiger charge is 2.48. The molecule has 0 N–H and O–H groups in total. The van der Waals surface area contributed by atoms with Crippen molar-refractivity contribution in [2.75, 3.05) is 9.71 Å². The van der Waals surface area contributed by atoms with Gasteiger partial charge < -0.3 is 18.7 Å². The zero-order chi connectivity index (χ0) is 47.6. The third kappa shape index (κ3) is 6.88. The lowest BCUT2D eigenvalue weighted by atomic mass is 9.43. The van der Waals surface area contributed by atoms with Gasteiger partial charge in [0, 0.05) is 50.3 Å². The van der Waals surface area contributed by atoms with Crippen molar-refractivity contribution in [1.82, 2.24) is 4.57 Å². The summed E-state index contributed by atoms with van der Waals surface area (Å²) in [4.78, 5) is 4.93. The van der Waals surface area contributed by atoms with Crippen LogP contribution in [0.3, 0.4) is 0 Å². The van der Waals surface area contributed by atoms with E-state index in [2.05, 4.69) is 265 Å². The number of nitrogens with zero attached hydrogens (tertiary/aromatic N) is 3. The van der Waals surface area contributed by atoms with Crippen LogP contribution in [0.4, 0.5) is 28.6 Å². The Kier molecular flexibility index (Phi) is 9.63. The lowest BCUT2D eigenvalue weighted by Crippen LogP contribution is -2.60. The van der Waals surface area contributed by atoms with Crippen molar-refractivity contribution >= 4 is 68.2 Å². The Labute approximate surface area is 407 Å². The fourth-order valence-electron chi connectivity index (χ4n) is 11.0. The van der Waals surface area contributed by atoms with Crippen LogP contribution >= 0.6 is 0 Å². The van der Waals surface area contributed by atoms with Crippen molar-refractivity contribution in [2.24, 2.45) is 0 Å². The van der Waals surface area contributed by atoms with Crippen molar-refractivity contribution in [2.45, 2.75) is 78.6 Å². The molecule has 5 heteroatoms. The number of furan rings is 1. The van der Waals surface area contributed by atoms with E-state index >= 15 is 0 Å². The Morgan fingerprint density at radius 3 is 1.59 bits per heavy atom. The van der Waals surface area contributed by atoms with E-state index in [1.165, 1.54) is 60.7 Å². The SMILES string of the molecule is CC(C)(C)c1ccc(N2B3c4c(cc(C(C)(C)C)cc4-n4c5ccc(N(c6ccccc6)c6ccccc6)cc5c5cc(C(C)(C)C)cc3c54)-c3c2oc(-c2ccccc2)c3-c2ccccc2)cc1. The van der Waals surface area contributed by atoms with Crippen LogP contribution in [0.5, 0.6) is 0 Å². The molecule has 0 bridgehead atoms. The molecule has 8 aromatic carbocycles. The molecule has 4 nitrogen and oxygen atoms in total. The maximum Gasteiger partial charge on any atom is 0.336 e. The van der Waals surface area contributed by atoms with Crippen LogP contribution in [0.25, 0.3) is 61.1 Å². The van der Waals surface area contributed by atoms with Crippen molar-refractivity contribution in [3.05, 3.63) is 205 Å². The van der Waals surface area contributed by atoms with Crippen molar-refractivity contribution < 1.29 is 4.42 Å². The molecular formula is C64H58BN3O. The highest BCUT2D eigenvalue weighted by atomic mass is 16.4. The van der Waals surface area contributed by atoms with Gasteiger partial charge in [-0.15, -0.1) is 0 Å². The molecule has 0 aliphatic carbocycles. The molecule has 0 unspecified atom stereocenters. The fraction of sp³-hybridized carbons (Fsp3) is 0.188. The van der Waals surface area contributed by atoms with E-state index in [1.807, 2.05) is 0 Å². The highest BCUT2D eigenvalue weighted by Crippen LogP contribution is 2.54. The van der Waals surface area contributed by atoms with Gasteiger partial charge in [-0.2, -0.15) is 0 Å². The first-order valence-electron chi connectivity index (χ1n) is 24.5. The molecule has 0 radical (unpaired) electrons. The Morgan fingerprint density at radius 2 is 1.01 bits per heavy atom. The normalized spacial score (nSPS) is 13.2. The minimum absolute atomic E-state index is 0.00517. The predicted octanol–water partition coefficient (Wildman–Crippen LogP) is 16.3. The summed E-state index contributed by atoms with van der Waals surface area (Å²) in [5, 5.41) is 2.49. The number of hydrogen-bond acceptors (Lipinski definition) is 3. The zero-order valence-electron chi connectivity index (χ0n) is 41.2. The molecule has 10 aromatic rings. The molecule has 12 rings (SSSR count). The summed E-state index contributed by atoms with van der Waals surface area (Å²) in [6, 6.07) is 69.5. The Balaban J connectivity index is 1.24. The molecule has 0 atom stereocenters. The second-order valence-electron chi connectivity index (χ2n) is 22.2. The topological polar surface area (TPSA) is 24.6 Å². The van der Waals surface area contributed by atoms with Gasteiger partial charge in [0.25, 0.3) is 0 Å². The molecule has 0 amide bonds. The second kappa shape index (κ2) is 15.5. The van der Waals surface area contributed by atoms with Crippen molar-refractivity contribution in [3.8, 4) is 39.3 Å². The minimum Gasteiger partial charge on any atom is -0.440 e. The molecule has 2 aromatic heterocycles. The number of fused-ring (bicyclic) bond motifs is 7. The number of hydrogen-bond donors (Lipinski definition) is 0. The lowest BCUT2D eigenvalue weighted by Gasteiger charge is -2.41. The molecule has 2 aliphatic heterocycles. The number of para-hydroxylation sites is 2. The molecule has 0 spiro atoms. The highest BCUT2D eigenvalue weighted by molar-refractivity contribution is 6.93. The van der Waals surface area contributed by atoms with E-state index in [1.54, 1.807) is 0 Å². The molecule has 69 heavy (non-hydrogen) atoms. The number of benzene rings is 8. The summed E-state index contributed by atoms with van der Waals surface area (Å²) in [6.07, 6.45) is 0. The quantitative estimate of drug-likeness (QED) is 0.155. The largest absolute Gasteiger partial charge is 0.440 e. The smallest absolute Gasteiger partial charge is 0.336 e. The fourth-order valence-corrected chi connectivity index (χ4v) is 11.0. The first-order chi connectivity index (χ1) is 33.1. The van der Waals surface area contributed by atoms with Crippen LogP contribution in [0.2, 0.25) is 0 Å². The number of anilines is 5. The average molecular weight is 896 g/mol. The van der Waals surface area contributed by atoms with E-state index in [0.29, 0.717) is 0 Å². The standard InChI is InChI=1S/C64H58BN3O/c1-62(2,3)43-30-32-48(33-31-43)68-61-57(56(41-22-14-10-15-23-41)60(69-61)42-24-16-11-17-25-42)52-37-45(64(7,8)9)39-55-58(52)65(68)53-38-44(63(4,5)6)36-51-50-40-49(34-35-54(50)67(55)59(51)53)66(46-26-18-12-19-27-46)47-28-20-13-21-29-47/h10-40H,1-9H3. The third-order valence-corrected chi connectivity index (χ3v) is 14.6. The predicted molar refractivity (Wildman–Crippen MR) is 294 cm³/mol. The Hall–Kier alpha value is -7.50. The average Bonchev–Trinajstić information content (AvgIpc) is 3.91. The van der Waals surface area contributed by atoms with Gasteiger partial charge in [0.2, 0.25) is 0 Å². The minimum atomic E-state index is -0.207. The van der Waals surface area contributed by atoms with Crippen LogP contribution in [-0.4, -0.2) is 11.4 Å². The zero-order valence-corrected chi connectivity index (χ0v) is 41.2. The van der Waals surface area contributed by atoms with E-state index < -0.39 is 0 Å². The van der Waals surface area contributed by atoms with Gasteiger partial charge in [0.05, 0.1) is 16.6 Å². The summed E-state index contributed by atoms with van der Waals surface area (Å²) in [5.74, 6) is 1.75.